The minimum absolute atomic E-state index is 0.00520. The Morgan fingerprint density at radius 3 is 1.72 bits per heavy atom. The summed E-state index contributed by atoms with van der Waals surface area (Å²) in [5.74, 6) is -0.785. The monoisotopic (exact) mass is 1060 g/mol. The molecule has 2 aromatic carbocycles. The fourth-order valence-corrected chi connectivity index (χ4v) is 10.8. The van der Waals surface area contributed by atoms with Gasteiger partial charge in [0.05, 0.1) is 19.8 Å². The van der Waals surface area contributed by atoms with Crippen molar-refractivity contribution in [1.29, 1.82) is 0 Å². The average Bonchev–Trinajstić information content (AvgIpc) is 4.13. The summed E-state index contributed by atoms with van der Waals surface area (Å²) in [6.07, 6.45) is -3.52. The van der Waals surface area contributed by atoms with Crippen molar-refractivity contribution >= 4 is 71.6 Å². The lowest BCUT2D eigenvalue weighted by Crippen LogP contribution is -2.33. The molecule has 3 aliphatic rings. The second kappa shape index (κ2) is 22.2. The van der Waals surface area contributed by atoms with Gasteiger partial charge in [-0.3, -0.25) is 9.13 Å². The molecule has 3 fully saturated rings. The molecule has 7 heterocycles. The second-order valence-corrected chi connectivity index (χ2v) is 23.1. The highest BCUT2D eigenvalue weighted by Crippen LogP contribution is 2.47. The number of nitrogens with zero attached hydrogens (tertiary/aromatic N) is 4. The van der Waals surface area contributed by atoms with Crippen LogP contribution in [0.1, 0.15) is 70.3 Å². The van der Waals surface area contributed by atoms with E-state index in [9.17, 15) is 19.3 Å². The van der Waals surface area contributed by atoms with Crippen molar-refractivity contribution in [2.45, 2.75) is 102 Å². The Kier molecular flexibility index (Phi) is 16.7. The molecule has 0 bridgehead atoms. The Morgan fingerprint density at radius 2 is 1.20 bits per heavy atom. The average molecular weight is 1060 g/mol. The SMILES string of the molecule is CCOP(C)(=O)COC[C@H]1O[C@@H](n2ccc3c(N[C@H](C)c4ccccc4)cc(Cl)nc32)[C@@H]2OC(C)(C)O[C@@H]21.C[C@@H](Nc1cc(Cl)nc2c1ccn2[C@@H]1O[C@H](COCP(=O)(O)O)[C@@H](O)[C@H]1O)c1ccccc1. The maximum absolute atomic E-state index is 12.5. The van der Waals surface area contributed by atoms with Crippen LogP contribution >= 0.6 is 38.2 Å². The van der Waals surface area contributed by atoms with Crippen molar-refractivity contribution in [2.24, 2.45) is 0 Å². The van der Waals surface area contributed by atoms with E-state index in [-0.39, 0.29) is 42.9 Å². The molecule has 0 radical (unpaired) electrons. The number of fused-ring (bicyclic) bond motifs is 3. The van der Waals surface area contributed by atoms with Crippen LogP contribution in [-0.2, 0) is 42.1 Å². The van der Waals surface area contributed by atoms with Crippen molar-refractivity contribution in [3.63, 3.8) is 0 Å². The summed E-state index contributed by atoms with van der Waals surface area (Å²) >= 11 is 12.8. The summed E-state index contributed by atoms with van der Waals surface area (Å²) in [6, 6.07) is 27.5. The molecule has 6 aromatic rings. The van der Waals surface area contributed by atoms with E-state index < -0.39 is 70.1 Å². The normalized spacial score (nSPS) is 25.6. The zero-order chi connectivity index (χ0) is 50.8. The highest BCUT2D eigenvalue weighted by Gasteiger charge is 2.56. The van der Waals surface area contributed by atoms with E-state index in [1.54, 1.807) is 29.6 Å². The number of hydrogen-bond acceptors (Lipinski definition) is 15. The number of rotatable bonds is 18. The van der Waals surface area contributed by atoms with Crippen LogP contribution in [-0.4, -0.2) is 121 Å². The molecule has 0 spiro atoms. The zero-order valence-electron chi connectivity index (χ0n) is 39.9. The molecule has 1 unspecified atom stereocenters. The van der Waals surface area contributed by atoms with Gasteiger partial charge in [-0.2, -0.15) is 0 Å². The molecule has 3 aliphatic heterocycles. The molecule has 0 amide bonds. The number of hydrogen-bond donors (Lipinski definition) is 6. The van der Waals surface area contributed by atoms with Crippen LogP contribution in [0.15, 0.2) is 97.3 Å². The van der Waals surface area contributed by atoms with Crippen LogP contribution in [0, 0.1) is 0 Å². The van der Waals surface area contributed by atoms with Gasteiger partial charge < -0.3 is 72.7 Å². The molecular weight excluding hydrogens is 1000 g/mol. The molecule has 3 saturated heterocycles. The van der Waals surface area contributed by atoms with Gasteiger partial charge in [-0.25, -0.2) is 9.97 Å². The van der Waals surface area contributed by atoms with Gasteiger partial charge in [0.15, 0.2) is 18.2 Å². The van der Waals surface area contributed by atoms with Crippen LogP contribution in [0.5, 0.6) is 0 Å². The predicted molar refractivity (Wildman–Crippen MR) is 269 cm³/mol. The van der Waals surface area contributed by atoms with Crippen LogP contribution in [0.25, 0.3) is 22.1 Å². The molecule has 9 rings (SSSR count). The van der Waals surface area contributed by atoms with E-state index in [1.165, 1.54) is 0 Å². The van der Waals surface area contributed by atoms with Crippen molar-refractivity contribution in [3.8, 4) is 0 Å². The molecule has 4 aromatic heterocycles. The molecular formula is C48H60Cl2N6O13P2. The quantitative estimate of drug-likeness (QED) is 0.0348. The smallest absolute Gasteiger partial charge is 0.350 e. The molecule has 6 N–H and O–H groups in total. The second-order valence-electron chi connectivity index (χ2n) is 18.2. The lowest BCUT2D eigenvalue weighted by atomic mass is 10.1. The van der Waals surface area contributed by atoms with Gasteiger partial charge >= 0.3 is 7.60 Å². The van der Waals surface area contributed by atoms with Gasteiger partial charge in [0.2, 0.25) is 7.37 Å². The topological polar surface area (TPSA) is 239 Å². The lowest BCUT2D eigenvalue weighted by Gasteiger charge is -2.25. The zero-order valence-corrected chi connectivity index (χ0v) is 43.2. The maximum Gasteiger partial charge on any atom is 0.350 e. The number of aromatic nitrogens is 4. The molecule has 0 saturated carbocycles. The number of aliphatic hydroxyl groups excluding tert-OH is 2. The first kappa shape index (κ1) is 53.3. The number of halogens is 2. The van der Waals surface area contributed by atoms with Crippen LogP contribution in [0.3, 0.4) is 0 Å². The number of benzene rings is 2. The van der Waals surface area contributed by atoms with E-state index in [2.05, 4.69) is 39.7 Å². The molecule has 11 atom stereocenters. The van der Waals surface area contributed by atoms with Gasteiger partial charge in [0.1, 0.15) is 70.9 Å². The minimum Gasteiger partial charge on any atom is -0.387 e. The third kappa shape index (κ3) is 12.7. The van der Waals surface area contributed by atoms with Gasteiger partial charge in [-0.15, -0.1) is 0 Å². The fraction of sp³-hybridized carbons (Fsp3) is 0.458. The highest BCUT2D eigenvalue weighted by molar-refractivity contribution is 7.57. The van der Waals surface area contributed by atoms with E-state index in [0.717, 1.165) is 33.3 Å². The number of pyridine rings is 2. The Bertz CT molecular complexity index is 2860. The number of ether oxygens (including phenoxy) is 6. The molecule has 23 heteroatoms. The van der Waals surface area contributed by atoms with Crippen molar-refractivity contribution in [3.05, 3.63) is 119 Å². The summed E-state index contributed by atoms with van der Waals surface area (Å²) in [7, 11) is -7.19. The molecule has 19 nitrogen and oxygen atoms in total. The number of aliphatic hydroxyl groups is 2. The van der Waals surface area contributed by atoms with Crippen molar-refractivity contribution in [2.75, 3.05) is 49.8 Å². The molecule has 71 heavy (non-hydrogen) atoms. The summed E-state index contributed by atoms with van der Waals surface area (Å²) in [6.45, 7) is 11.5. The third-order valence-electron chi connectivity index (χ3n) is 12.2. The van der Waals surface area contributed by atoms with Crippen LogP contribution < -0.4 is 10.6 Å². The summed E-state index contributed by atoms with van der Waals surface area (Å²) in [5.41, 5.74) is 5.00. The molecule has 384 valence electrons. The predicted octanol–water partition coefficient (Wildman–Crippen LogP) is 8.83. The first-order valence-electron chi connectivity index (χ1n) is 23.1. The van der Waals surface area contributed by atoms with Gasteiger partial charge in [0, 0.05) is 53.3 Å². The number of anilines is 2. The van der Waals surface area contributed by atoms with E-state index in [4.69, 9.17) is 65.9 Å². The fourth-order valence-electron chi connectivity index (χ4n) is 9.01. The Balaban J connectivity index is 0.000000192. The minimum atomic E-state index is -4.36. The largest absolute Gasteiger partial charge is 0.387 e. The molecule has 0 aliphatic carbocycles. The first-order chi connectivity index (χ1) is 33.7. The first-order valence-corrected chi connectivity index (χ1v) is 27.9. The highest BCUT2D eigenvalue weighted by atomic mass is 35.5. The Hall–Kier alpha value is -3.98. The van der Waals surface area contributed by atoms with E-state index in [1.807, 2.05) is 99.1 Å². The van der Waals surface area contributed by atoms with Gasteiger partial charge in [-0.05, 0) is 70.0 Å². The van der Waals surface area contributed by atoms with Crippen LogP contribution in [0.2, 0.25) is 10.3 Å². The third-order valence-corrected chi connectivity index (χ3v) is 14.6. The summed E-state index contributed by atoms with van der Waals surface area (Å²) < 4.78 is 67.7. The van der Waals surface area contributed by atoms with Gasteiger partial charge in [-0.1, -0.05) is 83.9 Å². The van der Waals surface area contributed by atoms with Crippen molar-refractivity contribution in [1.82, 2.24) is 19.1 Å². The maximum atomic E-state index is 12.5. The van der Waals surface area contributed by atoms with Crippen molar-refractivity contribution < 1.29 is 62.1 Å². The van der Waals surface area contributed by atoms with E-state index in [0.29, 0.717) is 23.1 Å². The lowest BCUT2D eigenvalue weighted by molar-refractivity contribution is -0.201. The van der Waals surface area contributed by atoms with Crippen LogP contribution in [0.4, 0.5) is 11.4 Å². The summed E-state index contributed by atoms with van der Waals surface area (Å²) in [4.78, 5) is 26.9. The number of nitrogens with one attached hydrogen (secondary N) is 2. The Labute approximate surface area is 421 Å². The standard InChI is InChI=1S/C27H35ClN3O6P.C21H25ClN3O7P/c1-6-34-38(5,32)16-33-15-21-23-24(37-27(3,4)36-23)26(35-21)31-13-12-19-20(14-22(28)30-25(19)31)29-17(2)18-10-8-7-9-11-18;1-12(13-5-3-2-4-6-13)23-15-9-17(22)24-20-14(15)7-8-25(20)21-19(27)18(26)16(32-21)10-31-11-33(28,29)30/h7-14,17,21,23-24,26H,6,15-16H2,1-5H3,(H,29,30);2-9,12,16,18-19,21,26-27H,10-11H2,1H3,(H,23,24)(H2,28,29,30)/t17-,21-,23-,24-,26-,38?;12-,16-,18-,19-,21-/m11/s1. The van der Waals surface area contributed by atoms with E-state index >= 15 is 0 Å². The summed E-state index contributed by atoms with van der Waals surface area (Å²) in [5, 5.41) is 30.2. The Morgan fingerprint density at radius 1 is 0.718 bits per heavy atom. The van der Waals surface area contributed by atoms with Gasteiger partial charge in [0.25, 0.3) is 0 Å².